The highest BCUT2D eigenvalue weighted by Gasteiger charge is 2.16. The van der Waals surface area contributed by atoms with Gasteiger partial charge in [-0.25, -0.2) is 42.5 Å². The van der Waals surface area contributed by atoms with Crippen molar-refractivity contribution in [1.82, 2.24) is 29.7 Å². The van der Waals surface area contributed by atoms with Crippen molar-refractivity contribution in [3.8, 4) is 0 Å². The number of nitrogens with zero attached hydrogens (tertiary/aromatic N) is 3. The minimum atomic E-state index is -0.831. The van der Waals surface area contributed by atoms with Crippen molar-refractivity contribution in [2.24, 2.45) is 0 Å². The standard InChI is InChI=1S/C18H30N6O9/c1-19-13(25)31-10-4-7-22-16(28)23(8-5-11-32-14(26)20-2)18(30)24(17(22)29)9-6-12-33-15(27)21-3/h4-12H2,1-3H3,(H,19,25)(H,20,26)(H,21,27). The third-order valence-electron chi connectivity index (χ3n) is 4.28. The van der Waals surface area contributed by atoms with Gasteiger partial charge in [-0.1, -0.05) is 0 Å². The molecule has 15 heteroatoms. The SMILES string of the molecule is CNC(=O)OCCCn1c(=O)n(CCCOC(=O)NC)c(=O)n(CCCOC(=O)NC)c1=O. The Morgan fingerprint density at radius 2 is 0.818 bits per heavy atom. The maximum Gasteiger partial charge on any atom is 0.406 e. The summed E-state index contributed by atoms with van der Waals surface area (Å²) in [5, 5.41) is 6.82. The molecule has 186 valence electrons. The Hall–Kier alpha value is -3.78. The molecule has 1 heterocycles. The molecule has 0 fully saturated rings. The lowest BCUT2D eigenvalue weighted by Crippen LogP contribution is -2.54. The van der Waals surface area contributed by atoms with Gasteiger partial charge in [-0.2, -0.15) is 0 Å². The second kappa shape index (κ2) is 14.3. The molecule has 1 rings (SSSR count). The van der Waals surface area contributed by atoms with Crippen molar-refractivity contribution in [1.29, 1.82) is 0 Å². The van der Waals surface area contributed by atoms with Crippen LogP contribution in [0.2, 0.25) is 0 Å². The number of carbonyl (C=O) groups is 3. The summed E-state index contributed by atoms with van der Waals surface area (Å²) in [7, 11) is 4.18. The van der Waals surface area contributed by atoms with Crippen LogP contribution in [0.15, 0.2) is 14.4 Å². The molecule has 0 spiro atoms. The topological polar surface area (TPSA) is 181 Å². The zero-order valence-electron chi connectivity index (χ0n) is 18.9. The van der Waals surface area contributed by atoms with E-state index in [0.717, 1.165) is 13.7 Å². The highest BCUT2D eigenvalue weighted by Crippen LogP contribution is 1.91. The van der Waals surface area contributed by atoms with Gasteiger partial charge >= 0.3 is 35.3 Å². The van der Waals surface area contributed by atoms with E-state index in [9.17, 15) is 28.8 Å². The fourth-order valence-electron chi connectivity index (χ4n) is 2.64. The smallest absolute Gasteiger partial charge is 0.406 e. The maximum atomic E-state index is 12.8. The molecule has 0 saturated carbocycles. The van der Waals surface area contributed by atoms with E-state index in [1.807, 2.05) is 0 Å². The van der Waals surface area contributed by atoms with Gasteiger partial charge in [0.2, 0.25) is 0 Å². The van der Waals surface area contributed by atoms with E-state index in [2.05, 4.69) is 16.0 Å². The molecule has 1 aromatic rings. The van der Waals surface area contributed by atoms with Gasteiger partial charge in [0, 0.05) is 40.8 Å². The summed E-state index contributed by atoms with van der Waals surface area (Å²) in [5.41, 5.74) is -2.49. The van der Waals surface area contributed by atoms with Gasteiger partial charge < -0.3 is 30.2 Å². The Bertz CT molecular complexity index is 827. The summed E-state index contributed by atoms with van der Waals surface area (Å²) >= 11 is 0. The molecule has 0 aliphatic heterocycles. The van der Waals surface area contributed by atoms with Crippen LogP contribution in [0, 0.1) is 0 Å². The number of rotatable bonds is 12. The van der Waals surface area contributed by atoms with Crippen molar-refractivity contribution in [2.45, 2.75) is 38.9 Å². The van der Waals surface area contributed by atoms with Crippen molar-refractivity contribution < 1.29 is 28.6 Å². The normalized spacial score (nSPS) is 10.3. The fourth-order valence-corrected chi connectivity index (χ4v) is 2.64. The molecule has 15 nitrogen and oxygen atoms in total. The first-order chi connectivity index (χ1) is 15.8. The average Bonchev–Trinajstić information content (AvgIpc) is 2.81. The monoisotopic (exact) mass is 474 g/mol. The molecule has 0 unspecified atom stereocenters. The molecule has 33 heavy (non-hydrogen) atoms. The molecular weight excluding hydrogens is 444 g/mol. The molecular formula is C18H30N6O9. The number of hydrogen-bond donors (Lipinski definition) is 3. The second-order valence-corrected chi connectivity index (χ2v) is 6.52. The molecule has 0 aliphatic rings. The lowest BCUT2D eigenvalue weighted by Gasteiger charge is -2.14. The third-order valence-corrected chi connectivity index (χ3v) is 4.28. The van der Waals surface area contributed by atoms with Crippen LogP contribution in [0.3, 0.4) is 0 Å². The van der Waals surface area contributed by atoms with Crippen LogP contribution in [0.5, 0.6) is 0 Å². The summed E-state index contributed by atoms with van der Waals surface area (Å²) in [6.45, 7) is -0.449. The van der Waals surface area contributed by atoms with Gasteiger partial charge in [0.1, 0.15) is 0 Å². The van der Waals surface area contributed by atoms with Gasteiger partial charge in [0.15, 0.2) is 0 Å². The predicted molar refractivity (Wildman–Crippen MR) is 114 cm³/mol. The summed E-state index contributed by atoms with van der Waals surface area (Å²) in [6, 6.07) is 0. The lowest BCUT2D eigenvalue weighted by atomic mass is 10.4. The molecule has 0 aliphatic carbocycles. The van der Waals surface area contributed by atoms with Gasteiger partial charge in [0.05, 0.1) is 19.8 Å². The van der Waals surface area contributed by atoms with E-state index < -0.39 is 35.3 Å². The number of carbonyl (C=O) groups excluding carboxylic acids is 3. The van der Waals surface area contributed by atoms with Crippen molar-refractivity contribution >= 4 is 18.3 Å². The minimum Gasteiger partial charge on any atom is -0.449 e. The first kappa shape index (κ1) is 27.3. The summed E-state index contributed by atoms with van der Waals surface area (Å²) in [5.74, 6) is 0. The van der Waals surface area contributed by atoms with Crippen LogP contribution < -0.4 is 33.0 Å². The van der Waals surface area contributed by atoms with Crippen LogP contribution in [-0.4, -0.2) is 72.9 Å². The molecule has 3 N–H and O–H groups in total. The van der Waals surface area contributed by atoms with E-state index in [4.69, 9.17) is 14.2 Å². The first-order valence-electron chi connectivity index (χ1n) is 10.2. The molecule has 0 radical (unpaired) electrons. The summed E-state index contributed by atoms with van der Waals surface area (Å²) in [4.78, 5) is 71.8. The Kier molecular flexibility index (Phi) is 11.8. The van der Waals surface area contributed by atoms with E-state index in [1.54, 1.807) is 0 Å². The quantitative estimate of drug-likeness (QED) is 0.238. The predicted octanol–water partition coefficient (Wildman–Crippen LogP) is -1.59. The third kappa shape index (κ3) is 8.70. The van der Waals surface area contributed by atoms with Crippen LogP contribution in [0.4, 0.5) is 14.4 Å². The maximum absolute atomic E-state index is 12.8. The largest absolute Gasteiger partial charge is 0.449 e. The van der Waals surface area contributed by atoms with E-state index >= 15 is 0 Å². The second-order valence-electron chi connectivity index (χ2n) is 6.52. The Labute approximate surface area is 188 Å². The zero-order chi connectivity index (χ0) is 24.8. The average molecular weight is 474 g/mol. The highest BCUT2D eigenvalue weighted by molar-refractivity contribution is 5.67. The minimum absolute atomic E-state index is 0.0510. The van der Waals surface area contributed by atoms with Crippen LogP contribution in [0.25, 0.3) is 0 Å². The van der Waals surface area contributed by atoms with Gasteiger partial charge in [-0.3, -0.25) is 0 Å². The highest BCUT2D eigenvalue weighted by atomic mass is 16.6. The van der Waals surface area contributed by atoms with Crippen LogP contribution in [-0.2, 0) is 33.8 Å². The first-order valence-corrected chi connectivity index (χ1v) is 10.2. The molecule has 1 aromatic heterocycles. The van der Waals surface area contributed by atoms with Crippen molar-refractivity contribution in [3.63, 3.8) is 0 Å². The van der Waals surface area contributed by atoms with Gasteiger partial charge in [-0.15, -0.1) is 0 Å². The molecule has 0 atom stereocenters. The van der Waals surface area contributed by atoms with E-state index in [0.29, 0.717) is 0 Å². The van der Waals surface area contributed by atoms with E-state index in [-0.39, 0.29) is 58.7 Å². The number of amides is 3. The number of alkyl carbamates (subject to hydrolysis) is 3. The number of nitrogens with one attached hydrogen (secondary N) is 3. The van der Waals surface area contributed by atoms with Crippen LogP contribution >= 0.6 is 0 Å². The molecule has 0 saturated heterocycles. The fraction of sp³-hybridized carbons (Fsp3) is 0.667. The van der Waals surface area contributed by atoms with Crippen LogP contribution in [0.1, 0.15) is 19.3 Å². The summed E-state index contributed by atoms with van der Waals surface area (Å²) < 4.78 is 17.2. The zero-order valence-corrected chi connectivity index (χ0v) is 18.9. The van der Waals surface area contributed by atoms with Gasteiger partial charge in [0.25, 0.3) is 0 Å². The number of ether oxygens (including phenoxy) is 3. The summed E-state index contributed by atoms with van der Waals surface area (Å²) in [6.07, 6.45) is -1.51. The molecule has 3 amide bonds. The Morgan fingerprint density at radius 1 is 0.576 bits per heavy atom. The van der Waals surface area contributed by atoms with E-state index in [1.165, 1.54) is 21.1 Å². The van der Waals surface area contributed by atoms with Crippen molar-refractivity contribution in [2.75, 3.05) is 41.0 Å². The van der Waals surface area contributed by atoms with Gasteiger partial charge in [-0.05, 0) is 19.3 Å². The number of hydrogen-bond acceptors (Lipinski definition) is 9. The molecule has 0 aromatic carbocycles. The van der Waals surface area contributed by atoms with Crippen molar-refractivity contribution in [3.05, 3.63) is 31.5 Å². The Morgan fingerprint density at radius 3 is 1.03 bits per heavy atom. The molecule has 0 bridgehead atoms. The Balaban J connectivity index is 3.06. The lowest BCUT2D eigenvalue weighted by molar-refractivity contribution is 0.144. The number of aromatic nitrogens is 3.